The average molecular weight is 380 g/mol. The third-order valence-electron chi connectivity index (χ3n) is 5.47. The first-order valence-corrected chi connectivity index (χ1v) is 9.92. The van der Waals surface area contributed by atoms with Crippen molar-refractivity contribution >= 4 is 5.97 Å². The average Bonchev–Trinajstić information content (AvgIpc) is 3.25. The van der Waals surface area contributed by atoms with Gasteiger partial charge in [0.2, 0.25) is 0 Å². The second kappa shape index (κ2) is 10.6. The van der Waals surface area contributed by atoms with Gasteiger partial charge >= 0.3 is 5.97 Å². The number of aliphatic hydroxyl groups excluding tert-OH is 3. The highest BCUT2D eigenvalue weighted by Gasteiger charge is 2.36. The van der Waals surface area contributed by atoms with E-state index in [-0.39, 0.29) is 12.3 Å². The van der Waals surface area contributed by atoms with E-state index >= 15 is 0 Å². The first-order valence-electron chi connectivity index (χ1n) is 9.92. The Morgan fingerprint density at radius 1 is 1.26 bits per heavy atom. The monoisotopic (exact) mass is 380 g/mol. The number of rotatable bonds is 11. The van der Waals surface area contributed by atoms with Crippen LogP contribution in [-0.2, 0) is 11.2 Å². The van der Waals surface area contributed by atoms with E-state index in [2.05, 4.69) is 0 Å². The van der Waals surface area contributed by atoms with Crippen LogP contribution in [0, 0.1) is 5.92 Å². The zero-order valence-electron chi connectivity index (χ0n) is 16.0. The summed E-state index contributed by atoms with van der Waals surface area (Å²) in [6, 6.07) is 1.85. The molecule has 0 aromatic carbocycles. The zero-order chi connectivity index (χ0) is 19.8. The summed E-state index contributed by atoms with van der Waals surface area (Å²) in [5.74, 6) is -1.29. The maximum atomic E-state index is 11.9. The summed E-state index contributed by atoms with van der Waals surface area (Å²) >= 11 is 0. The third kappa shape index (κ3) is 6.48. The zero-order valence-corrected chi connectivity index (χ0v) is 16.0. The molecular formula is C21H32O6. The number of unbranched alkanes of at least 4 members (excludes halogenated alkanes) is 1. The van der Waals surface area contributed by atoms with Gasteiger partial charge in [0.1, 0.15) is 0 Å². The molecule has 152 valence electrons. The molecule has 0 saturated heterocycles. The Kier molecular flexibility index (Phi) is 8.54. The first-order chi connectivity index (χ1) is 12.9. The van der Waals surface area contributed by atoms with Gasteiger partial charge in [0.25, 0.3) is 0 Å². The van der Waals surface area contributed by atoms with Crippen molar-refractivity contribution in [3.8, 4) is 0 Å². The molecule has 1 aromatic heterocycles. The lowest BCUT2D eigenvalue weighted by Gasteiger charge is -2.22. The quantitative estimate of drug-likeness (QED) is 0.439. The van der Waals surface area contributed by atoms with Crippen LogP contribution in [0.3, 0.4) is 0 Å². The number of hydrogen-bond acceptors (Lipinski definition) is 5. The van der Waals surface area contributed by atoms with Crippen molar-refractivity contribution in [1.82, 2.24) is 0 Å². The Labute approximate surface area is 160 Å². The Morgan fingerprint density at radius 2 is 2.04 bits per heavy atom. The van der Waals surface area contributed by atoms with E-state index in [1.54, 1.807) is 12.5 Å². The maximum Gasteiger partial charge on any atom is 0.331 e. The number of carbonyl (C=O) groups is 1. The van der Waals surface area contributed by atoms with Crippen LogP contribution in [0.4, 0.5) is 0 Å². The van der Waals surface area contributed by atoms with Crippen molar-refractivity contribution in [3.63, 3.8) is 0 Å². The predicted octanol–water partition coefficient (Wildman–Crippen LogP) is 3.06. The second-order valence-corrected chi connectivity index (χ2v) is 7.57. The molecule has 2 rings (SSSR count). The molecule has 4 atom stereocenters. The van der Waals surface area contributed by atoms with Gasteiger partial charge in [-0.1, -0.05) is 18.9 Å². The van der Waals surface area contributed by atoms with Gasteiger partial charge in [0, 0.05) is 11.5 Å². The van der Waals surface area contributed by atoms with Crippen LogP contribution < -0.4 is 0 Å². The van der Waals surface area contributed by atoms with Crippen LogP contribution in [0.5, 0.6) is 0 Å². The number of carboxylic acids is 1. The summed E-state index contributed by atoms with van der Waals surface area (Å²) < 4.78 is 5.01. The molecule has 27 heavy (non-hydrogen) atoms. The molecule has 1 aliphatic carbocycles. The van der Waals surface area contributed by atoms with Crippen molar-refractivity contribution in [2.75, 3.05) is 0 Å². The molecule has 0 amide bonds. The van der Waals surface area contributed by atoms with Gasteiger partial charge in [-0.3, -0.25) is 0 Å². The van der Waals surface area contributed by atoms with Crippen molar-refractivity contribution in [3.05, 3.63) is 35.3 Å². The van der Waals surface area contributed by atoms with Gasteiger partial charge < -0.3 is 24.8 Å². The molecule has 6 heteroatoms. The van der Waals surface area contributed by atoms with Crippen LogP contribution >= 0.6 is 0 Å². The van der Waals surface area contributed by atoms with Gasteiger partial charge in [-0.15, -0.1) is 0 Å². The number of aliphatic carboxylic acids is 1. The van der Waals surface area contributed by atoms with E-state index in [0.29, 0.717) is 44.1 Å². The highest BCUT2D eigenvalue weighted by molar-refractivity contribution is 5.87. The van der Waals surface area contributed by atoms with Crippen LogP contribution in [-0.4, -0.2) is 44.7 Å². The van der Waals surface area contributed by atoms with Crippen LogP contribution in [0.15, 0.2) is 34.2 Å². The molecule has 6 nitrogen and oxygen atoms in total. The minimum absolute atomic E-state index is 0.264. The fraction of sp³-hybridized carbons (Fsp3) is 0.667. The Balaban J connectivity index is 2.05. The summed E-state index contributed by atoms with van der Waals surface area (Å²) in [6.07, 6.45) is 6.27. The lowest BCUT2D eigenvalue weighted by Crippen LogP contribution is -2.20. The Hall–Kier alpha value is -1.63. The summed E-state index contributed by atoms with van der Waals surface area (Å²) in [6.45, 7) is 2.04. The molecule has 1 aromatic rings. The van der Waals surface area contributed by atoms with E-state index < -0.39 is 24.3 Å². The molecule has 0 spiro atoms. The van der Waals surface area contributed by atoms with E-state index in [9.17, 15) is 25.2 Å². The van der Waals surface area contributed by atoms with Gasteiger partial charge in [0.05, 0.1) is 30.8 Å². The van der Waals surface area contributed by atoms with E-state index in [4.69, 9.17) is 4.42 Å². The van der Waals surface area contributed by atoms with Crippen LogP contribution in [0.1, 0.15) is 63.9 Å². The third-order valence-corrected chi connectivity index (χ3v) is 5.47. The van der Waals surface area contributed by atoms with Crippen LogP contribution in [0.2, 0.25) is 0 Å². The molecular weight excluding hydrogens is 348 g/mol. The SMILES string of the molecule is CCCCC(=C(CCC(O)CCc1ccoc1)C(=O)O)C1C[C@H](O)C[C@@H]1O. The smallest absolute Gasteiger partial charge is 0.331 e. The number of hydrogen-bond donors (Lipinski definition) is 4. The van der Waals surface area contributed by atoms with Crippen molar-refractivity contribution in [2.45, 2.75) is 83.0 Å². The molecule has 1 saturated carbocycles. The summed E-state index contributed by atoms with van der Waals surface area (Å²) in [5, 5.41) is 40.2. The molecule has 1 fully saturated rings. The standard InChI is InChI=1S/C21H32O6/c1-2-3-4-17(19-11-16(23)12-20(19)24)18(21(25)26)8-7-15(22)6-5-14-9-10-27-13-14/h9-10,13,15-16,19-20,22-24H,2-8,11-12H2,1H3,(H,25,26)/t15?,16-,19?,20-/m0/s1. The number of carboxylic acid groups (broad SMARTS) is 1. The van der Waals surface area contributed by atoms with Gasteiger partial charge in [0.15, 0.2) is 0 Å². The molecule has 1 aliphatic rings. The molecule has 0 aliphatic heterocycles. The van der Waals surface area contributed by atoms with Gasteiger partial charge in [-0.2, -0.15) is 0 Å². The second-order valence-electron chi connectivity index (χ2n) is 7.57. The fourth-order valence-electron chi connectivity index (χ4n) is 3.92. The minimum atomic E-state index is -0.989. The van der Waals surface area contributed by atoms with E-state index in [1.165, 1.54) is 0 Å². The predicted molar refractivity (Wildman–Crippen MR) is 101 cm³/mol. The first kappa shape index (κ1) is 21.7. The highest BCUT2D eigenvalue weighted by Crippen LogP contribution is 2.37. The highest BCUT2D eigenvalue weighted by atomic mass is 16.4. The Morgan fingerprint density at radius 3 is 2.59 bits per heavy atom. The summed E-state index contributed by atoms with van der Waals surface area (Å²) in [4.78, 5) is 11.9. The Bertz CT molecular complexity index is 606. The number of aliphatic hydroxyl groups is 3. The van der Waals surface area contributed by atoms with E-state index in [1.807, 2.05) is 13.0 Å². The maximum absolute atomic E-state index is 11.9. The fourth-order valence-corrected chi connectivity index (χ4v) is 3.92. The number of aryl methyl sites for hydroxylation is 1. The molecule has 0 radical (unpaired) electrons. The van der Waals surface area contributed by atoms with Gasteiger partial charge in [-0.25, -0.2) is 4.79 Å². The lowest BCUT2D eigenvalue weighted by atomic mass is 9.85. The summed E-state index contributed by atoms with van der Waals surface area (Å²) in [5.41, 5.74) is 2.05. The normalized spacial score (nSPS) is 24.7. The van der Waals surface area contributed by atoms with Crippen LogP contribution in [0.25, 0.3) is 0 Å². The molecule has 4 N–H and O–H groups in total. The van der Waals surface area contributed by atoms with Crippen molar-refractivity contribution < 1.29 is 29.6 Å². The lowest BCUT2D eigenvalue weighted by molar-refractivity contribution is -0.133. The van der Waals surface area contributed by atoms with Crippen molar-refractivity contribution in [1.29, 1.82) is 0 Å². The molecule has 1 heterocycles. The molecule has 2 unspecified atom stereocenters. The minimum Gasteiger partial charge on any atom is -0.478 e. The van der Waals surface area contributed by atoms with Crippen molar-refractivity contribution in [2.24, 2.45) is 5.92 Å². The topological polar surface area (TPSA) is 111 Å². The van der Waals surface area contributed by atoms with Gasteiger partial charge in [-0.05, 0) is 63.0 Å². The largest absolute Gasteiger partial charge is 0.478 e. The number of furan rings is 1. The van der Waals surface area contributed by atoms with E-state index in [0.717, 1.165) is 24.0 Å². The summed E-state index contributed by atoms with van der Waals surface area (Å²) in [7, 11) is 0. The molecule has 0 bridgehead atoms.